The lowest BCUT2D eigenvalue weighted by atomic mass is 9.86. The molecule has 1 atom stereocenters. The van der Waals surface area contributed by atoms with E-state index >= 15 is 0 Å². The van der Waals surface area contributed by atoms with Gasteiger partial charge in [0.25, 0.3) is 23.0 Å². The van der Waals surface area contributed by atoms with Gasteiger partial charge in [0.2, 0.25) is 0 Å². The van der Waals surface area contributed by atoms with Crippen molar-refractivity contribution in [2.45, 2.75) is 39.5 Å². The van der Waals surface area contributed by atoms with Gasteiger partial charge >= 0.3 is 0 Å². The van der Waals surface area contributed by atoms with E-state index < -0.39 is 23.0 Å². The van der Waals surface area contributed by atoms with Crippen LogP contribution in [-0.2, 0) is 21.5 Å². The highest BCUT2D eigenvalue weighted by Gasteiger charge is 2.27. The van der Waals surface area contributed by atoms with Crippen LogP contribution in [0, 0.1) is 0 Å². The minimum absolute atomic E-state index is 0.194. The van der Waals surface area contributed by atoms with Crippen molar-refractivity contribution in [3.8, 4) is 11.5 Å². The van der Waals surface area contributed by atoms with Crippen molar-refractivity contribution in [3.63, 3.8) is 0 Å². The molecule has 0 heterocycles. The van der Waals surface area contributed by atoms with Crippen LogP contribution in [0.3, 0.4) is 0 Å². The number of fused-ring (bicyclic) bond motifs is 1. The van der Waals surface area contributed by atoms with E-state index in [1.807, 2.05) is 39.8 Å². The lowest BCUT2D eigenvalue weighted by molar-refractivity contribution is -0.112. The molecule has 0 fully saturated rings. The fourth-order valence-electron chi connectivity index (χ4n) is 3.97. The maximum atomic E-state index is 13.3. The Balaban J connectivity index is 2.10. The Morgan fingerprint density at radius 1 is 1.03 bits per heavy atom. The Morgan fingerprint density at radius 2 is 1.69 bits per heavy atom. The van der Waals surface area contributed by atoms with Gasteiger partial charge in [0.15, 0.2) is 5.75 Å². The van der Waals surface area contributed by atoms with Crippen molar-refractivity contribution < 1.29 is 27.8 Å². The number of hydrogen-bond donors (Lipinski definition) is 2. The van der Waals surface area contributed by atoms with Crippen LogP contribution in [0.1, 0.15) is 50.0 Å². The minimum atomic E-state index is -2.32. The third-order valence-electron chi connectivity index (χ3n) is 5.83. The Bertz CT molecular complexity index is 1320. The maximum absolute atomic E-state index is 13.3. The highest BCUT2D eigenvalue weighted by molar-refractivity contribution is 7.80. The molecule has 0 radical (unpaired) electrons. The SMILES string of the molecule is CCCN(c1cc(C(C)(C)C)cc(NC(=O)C(=O)c2ccc(OC)c3ccccc23)c1OC)S(=O)O. The minimum Gasteiger partial charge on any atom is -0.496 e. The molecular weight excluding hydrogens is 480 g/mol. The molecule has 1 amide bonds. The highest BCUT2D eigenvalue weighted by Crippen LogP contribution is 2.41. The fraction of sp³-hybridized carbons (Fsp3) is 0.333. The number of anilines is 2. The second kappa shape index (κ2) is 11.1. The number of nitrogens with zero attached hydrogens (tertiary/aromatic N) is 1. The molecule has 36 heavy (non-hydrogen) atoms. The first-order valence-electron chi connectivity index (χ1n) is 11.6. The van der Waals surface area contributed by atoms with Crippen LogP contribution < -0.4 is 19.1 Å². The van der Waals surface area contributed by atoms with E-state index in [0.29, 0.717) is 28.6 Å². The summed E-state index contributed by atoms with van der Waals surface area (Å²) < 4.78 is 34.4. The summed E-state index contributed by atoms with van der Waals surface area (Å²) in [6.45, 7) is 8.13. The normalized spacial score (nSPS) is 12.2. The van der Waals surface area contributed by atoms with Gasteiger partial charge < -0.3 is 14.8 Å². The standard InChI is InChI=1S/C27H32N2O6S/c1-7-14-29(36(32)33)22-16-17(27(2,3)4)15-21(25(22)35-6)28-26(31)24(30)20-12-13-23(34-5)19-11-9-8-10-18(19)20/h8-13,15-16H,7,14H2,1-6H3,(H,28,31)(H,32,33). The highest BCUT2D eigenvalue weighted by atomic mass is 32.2. The largest absolute Gasteiger partial charge is 0.496 e. The topological polar surface area (TPSA) is 105 Å². The van der Waals surface area contributed by atoms with Crippen LogP contribution in [0.2, 0.25) is 0 Å². The molecule has 3 aromatic rings. The van der Waals surface area contributed by atoms with Gasteiger partial charge in [0, 0.05) is 17.5 Å². The first-order valence-corrected chi connectivity index (χ1v) is 12.6. The molecule has 0 aromatic heterocycles. The number of nitrogens with one attached hydrogen (secondary N) is 1. The molecule has 0 aliphatic rings. The molecule has 192 valence electrons. The molecule has 9 heteroatoms. The number of rotatable bonds is 9. The van der Waals surface area contributed by atoms with E-state index in [2.05, 4.69) is 5.32 Å². The number of benzene rings is 3. The van der Waals surface area contributed by atoms with Gasteiger partial charge in [-0.15, -0.1) is 0 Å². The predicted molar refractivity (Wildman–Crippen MR) is 144 cm³/mol. The van der Waals surface area contributed by atoms with E-state index in [-0.39, 0.29) is 29.0 Å². The summed E-state index contributed by atoms with van der Waals surface area (Å²) >= 11 is -2.32. The van der Waals surface area contributed by atoms with Crippen LogP contribution in [0.25, 0.3) is 10.8 Å². The van der Waals surface area contributed by atoms with E-state index in [1.54, 1.807) is 43.5 Å². The summed E-state index contributed by atoms with van der Waals surface area (Å²) in [7, 11) is 2.96. The van der Waals surface area contributed by atoms with Crippen molar-refractivity contribution in [2.24, 2.45) is 0 Å². The number of hydrogen-bond acceptors (Lipinski definition) is 5. The van der Waals surface area contributed by atoms with Crippen molar-refractivity contribution in [1.82, 2.24) is 0 Å². The van der Waals surface area contributed by atoms with Crippen LogP contribution in [0.4, 0.5) is 11.4 Å². The summed E-state index contributed by atoms with van der Waals surface area (Å²) in [6.07, 6.45) is 0.611. The number of Topliss-reactive ketones (excluding diaryl/α,β-unsaturated/α-hetero) is 1. The summed E-state index contributed by atoms with van der Waals surface area (Å²) in [4.78, 5) is 26.5. The van der Waals surface area contributed by atoms with Crippen LogP contribution in [0.15, 0.2) is 48.5 Å². The second-order valence-corrected chi connectivity index (χ2v) is 10.2. The van der Waals surface area contributed by atoms with E-state index in [9.17, 15) is 18.4 Å². The molecule has 8 nitrogen and oxygen atoms in total. The van der Waals surface area contributed by atoms with Gasteiger partial charge in [-0.2, -0.15) is 0 Å². The molecule has 0 saturated carbocycles. The van der Waals surface area contributed by atoms with Crippen LogP contribution in [-0.4, -0.2) is 41.2 Å². The number of carbonyl (C=O) groups is 2. The molecule has 0 saturated heterocycles. The Morgan fingerprint density at radius 3 is 2.25 bits per heavy atom. The zero-order valence-electron chi connectivity index (χ0n) is 21.4. The van der Waals surface area contributed by atoms with Crippen LogP contribution in [0.5, 0.6) is 11.5 Å². The number of methoxy groups -OCH3 is 2. The first-order chi connectivity index (χ1) is 17.0. The Labute approximate surface area is 214 Å². The summed E-state index contributed by atoms with van der Waals surface area (Å²) in [5, 5.41) is 4.00. The lowest BCUT2D eigenvalue weighted by Gasteiger charge is -2.27. The molecular formula is C27H32N2O6S. The molecule has 3 rings (SSSR count). The van der Waals surface area contributed by atoms with E-state index in [4.69, 9.17) is 9.47 Å². The molecule has 0 aliphatic heterocycles. The summed E-state index contributed by atoms with van der Waals surface area (Å²) in [5.74, 6) is -0.790. The summed E-state index contributed by atoms with van der Waals surface area (Å²) in [6, 6.07) is 13.9. The van der Waals surface area contributed by atoms with Crippen LogP contribution >= 0.6 is 0 Å². The molecule has 2 N–H and O–H groups in total. The number of ketones is 1. The third-order valence-corrected chi connectivity index (χ3v) is 6.58. The molecule has 0 aliphatic carbocycles. The van der Waals surface area contributed by atoms with Crippen molar-refractivity contribution in [3.05, 3.63) is 59.7 Å². The number of ether oxygens (including phenoxy) is 2. The van der Waals surface area contributed by atoms with Gasteiger partial charge in [-0.25, -0.2) is 4.21 Å². The molecule has 0 bridgehead atoms. The van der Waals surface area contributed by atoms with Gasteiger partial charge in [-0.1, -0.05) is 52.0 Å². The Kier molecular flexibility index (Phi) is 8.37. The average molecular weight is 513 g/mol. The maximum Gasteiger partial charge on any atom is 0.296 e. The monoisotopic (exact) mass is 512 g/mol. The summed E-state index contributed by atoms with van der Waals surface area (Å²) in [5.41, 5.74) is 1.26. The van der Waals surface area contributed by atoms with Gasteiger partial charge in [0.05, 0.1) is 25.6 Å². The average Bonchev–Trinajstić information content (AvgIpc) is 2.84. The van der Waals surface area contributed by atoms with Crippen molar-refractivity contribution in [2.75, 3.05) is 30.4 Å². The van der Waals surface area contributed by atoms with E-state index in [0.717, 1.165) is 5.56 Å². The van der Waals surface area contributed by atoms with Crippen molar-refractivity contribution in [1.29, 1.82) is 0 Å². The molecule has 1 unspecified atom stereocenters. The van der Waals surface area contributed by atoms with Gasteiger partial charge in [-0.05, 0) is 47.1 Å². The van der Waals surface area contributed by atoms with Crippen molar-refractivity contribution >= 4 is 45.1 Å². The Hall–Kier alpha value is -3.43. The predicted octanol–water partition coefficient (Wildman–Crippen LogP) is 5.33. The van der Waals surface area contributed by atoms with E-state index in [1.165, 1.54) is 11.4 Å². The number of carbonyl (C=O) groups excluding carboxylic acids is 2. The zero-order chi connectivity index (χ0) is 26.6. The van der Waals surface area contributed by atoms with Gasteiger partial charge in [0.1, 0.15) is 5.75 Å². The smallest absolute Gasteiger partial charge is 0.296 e. The molecule has 0 spiro atoms. The fourth-order valence-corrected chi connectivity index (χ4v) is 4.62. The third kappa shape index (κ3) is 5.52. The quantitative estimate of drug-likeness (QED) is 0.228. The molecule has 3 aromatic carbocycles. The number of amides is 1. The second-order valence-electron chi connectivity index (χ2n) is 9.30. The first kappa shape index (κ1) is 27.2. The van der Waals surface area contributed by atoms with Gasteiger partial charge in [-0.3, -0.25) is 18.4 Å². The zero-order valence-corrected chi connectivity index (χ0v) is 22.2. The lowest BCUT2D eigenvalue weighted by Crippen LogP contribution is -2.28.